The van der Waals surface area contributed by atoms with E-state index in [9.17, 15) is 4.79 Å². The molecule has 0 fully saturated rings. The van der Waals surface area contributed by atoms with Gasteiger partial charge in [-0.3, -0.25) is 4.79 Å². The smallest absolute Gasteiger partial charge is 0.273 e. The van der Waals surface area contributed by atoms with Crippen molar-refractivity contribution >= 4 is 28.6 Å². The molecule has 1 amide bonds. The van der Waals surface area contributed by atoms with Gasteiger partial charge < -0.3 is 10.5 Å². The number of hydrazone groups is 1. The lowest BCUT2D eigenvalue weighted by atomic mass is 10.0. The first-order valence-corrected chi connectivity index (χ1v) is 7.44. The highest BCUT2D eigenvalue weighted by Crippen LogP contribution is 2.26. The van der Waals surface area contributed by atoms with Crippen LogP contribution in [-0.4, -0.2) is 19.2 Å². The number of nitrogens with zero attached hydrogens (tertiary/aromatic N) is 1. The summed E-state index contributed by atoms with van der Waals surface area (Å²) < 4.78 is 5.39. The van der Waals surface area contributed by atoms with E-state index >= 15 is 0 Å². The van der Waals surface area contributed by atoms with E-state index in [2.05, 4.69) is 10.5 Å². The molecule has 0 saturated carbocycles. The number of anilines is 1. The quantitative estimate of drug-likeness (QED) is 0.440. The van der Waals surface area contributed by atoms with Crippen molar-refractivity contribution in [1.82, 2.24) is 5.43 Å². The first kappa shape index (κ1) is 15.6. The van der Waals surface area contributed by atoms with Gasteiger partial charge in [0.25, 0.3) is 5.91 Å². The van der Waals surface area contributed by atoms with Crippen molar-refractivity contribution in [3.63, 3.8) is 0 Å². The van der Waals surface area contributed by atoms with Crippen molar-refractivity contribution in [3.8, 4) is 5.75 Å². The molecule has 0 aliphatic carbocycles. The minimum absolute atomic E-state index is 0.358. The fourth-order valence-corrected chi connectivity index (χ4v) is 2.51. The van der Waals surface area contributed by atoms with E-state index in [1.165, 1.54) is 0 Å². The Balaban J connectivity index is 1.88. The number of nitrogens with two attached hydrogens (primary N) is 1. The van der Waals surface area contributed by atoms with Gasteiger partial charge >= 0.3 is 0 Å². The Hall–Kier alpha value is -3.34. The summed E-state index contributed by atoms with van der Waals surface area (Å²) in [4.78, 5) is 12.1. The molecule has 5 heteroatoms. The molecule has 3 rings (SSSR count). The lowest BCUT2D eigenvalue weighted by Gasteiger charge is -2.08. The van der Waals surface area contributed by atoms with Gasteiger partial charge in [0, 0.05) is 11.3 Å². The number of amides is 1. The number of fused-ring (bicyclic) bond motifs is 1. The van der Waals surface area contributed by atoms with Crippen LogP contribution in [0.3, 0.4) is 0 Å². The van der Waals surface area contributed by atoms with Crippen LogP contribution >= 0.6 is 0 Å². The molecule has 0 atom stereocenters. The van der Waals surface area contributed by atoms with Gasteiger partial charge in [-0.15, -0.1) is 0 Å². The second-order valence-electron chi connectivity index (χ2n) is 5.19. The molecule has 0 unspecified atom stereocenters. The van der Waals surface area contributed by atoms with Gasteiger partial charge in [0.15, 0.2) is 0 Å². The minimum atomic E-state index is -0.358. The number of hydrogen-bond donors (Lipinski definition) is 2. The van der Waals surface area contributed by atoms with Crippen LogP contribution in [0.1, 0.15) is 15.9 Å². The normalized spacial score (nSPS) is 10.9. The van der Waals surface area contributed by atoms with Gasteiger partial charge in [0.2, 0.25) is 0 Å². The molecule has 3 aromatic carbocycles. The van der Waals surface area contributed by atoms with Crippen LogP contribution in [0.2, 0.25) is 0 Å². The Morgan fingerprint density at radius 2 is 1.83 bits per heavy atom. The summed E-state index contributed by atoms with van der Waals surface area (Å²) in [5, 5.41) is 6.12. The molecule has 3 aromatic rings. The van der Waals surface area contributed by atoms with Crippen LogP contribution in [0, 0.1) is 0 Å². The Kier molecular flexibility index (Phi) is 4.43. The third-order valence-electron chi connectivity index (χ3n) is 3.72. The van der Waals surface area contributed by atoms with Crippen molar-refractivity contribution in [2.24, 2.45) is 5.10 Å². The van der Waals surface area contributed by atoms with E-state index < -0.39 is 0 Å². The Bertz CT molecular complexity index is 919. The molecular weight excluding hydrogens is 302 g/mol. The number of hydrogen-bond acceptors (Lipinski definition) is 4. The van der Waals surface area contributed by atoms with E-state index in [1.54, 1.807) is 37.6 Å². The number of carbonyl (C=O) groups is 1. The van der Waals surface area contributed by atoms with Crippen molar-refractivity contribution in [2.45, 2.75) is 0 Å². The van der Waals surface area contributed by atoms with Crippen LogP contribution in [0.25, 0.3) is 10.8 Å². The summed E-state index contributed by atoms with van der Waals surface area (Å²) in [5.74, 6) is 0.328. The number of benzene rings is 3. The average Bonchev–Trinajstić information content (AvgIpc) is 2.62. The van der Waals surface area contributed by atoms with E-state index in [0.717, 1.165) is 16.3 Å². The first-order chi connectivity index (χ1) is 11.7. The number of methoxy groups -OCH3 is 1. The van der Waals surface area contributed by atoms with Gasteiger partial charge in [-0.2, -0.15) is 5.10 Å². The predicted molar refractivity (Wildman–Crippen MR) is 96.4 cm³/mol. The summed E-state index contributed by atoms with van der Waals surface area (Å²) in [5.41, 5.74) is 9.89. The summed E-state index contributed by atoms with van der Waals surface area (Å²) in [7, 11) is 1.60. The van der Waals surface area contributed by atoms with E-state index in [-0.39, 0.29) is 5.91 Å². The molecule has 120 valence electrons. The Morgan fingerprint density at radius 1 is 1.08 bits per heavy atom. The summed E-state index contributed by atoms with van der Waals surface area (Å²) in [6, 6.07) is 18.6. The Morgan fingerprint density at radius 3 is 2.62 bits per heavy atom. The zero-order chi connectivity index (χ0) is 16.9. The van der Waals surface area contributed by atoms with Crippen LogP contribution < -0.4 is 15.9 Å². The molecule has 24 heavy (non-hydrogen) atoms. The molecule has 0 heterocycles. The number of nitrogens with one attached hydrogen (secondary N) is 1. The van der Waals surface area contributed by atoms with Crippen molar-refractivity contribution in [3.05, 3.63) is 71.8 Å². The summed E-state index contributed by atoms with van der Waals surface area (Å²) >= 11 is 0. The highest BCUT2D eigenvalue weighted by molar-refractivity contribution is 6.03. The van der Waals surface area contributed by atoms with Crippen LogP contribution in [0.15, 0.2) is 65.8 Å². The van der Waals surface area contributed by atoms with Crippen molar-refractivity contribution in [2.75, 3.05) is 12.8 Å². The van der Waals surface area contributed by atoms with E-state index in [1.807, 2.05) is 36.4 Å². The second kappa shape index (κ2) is 6.83. The summed E-state index contributed by atoms with van der Waals surface area (Å²) in [6.45, 7) is 0. The first-order valence-electron chi connectivity index (χ1n) is 7.44. The highest BCUT2D eigenvalue weighted by atomic mass is 16.5. The van der Waals surface area contributed by atoms with Gasteiger partial charge in [0.1, 0.15) is 5.75 Å². The molecule has 3 N–H and O–H groups in total. The standard InChI is InChI=1S/C19H17N3O2/c1-24-18-11-10-13-6-2-3-7-14(13)16(18)12-21-22-19(23)15-8-4-5-9-17(15)20/h2-12H,20H2,1H3,(H,22,23)/b21-12-. The summed E-state index contributed by atoms with van der Waals surface area (Å²) in [6.07, 6.45) is 1.58. The third-order valence-corrected chi connectivity index (χ3v) is 3.72. The monoisotopic (exact) mass is 319 g/mol. The molecule has 0 bridgehead atoms. The maximum absolute atomic E-state index is 12.1. The van der Waals surface area contributed by atoms with Gasteiger partial charge in [0.05, 0.1) is 18.9 Å². The number of nitrogen functional groups attached to an aromatic ring is 1. The van der Waals surface area contributed by atoms with Crippen LogP contribution in [-0.2, 0) is 0 Å². The van der Waals surface area contributed by atoms with Crippen molar-refractivity contribution in [1.29, 1.82) is 0 Å². The SMILES string of the molecule is COc1ccc2ccccc2c1/C=N\NC(=O)c1ccccc1N. The number of carbonyl (C=O) groups excluding carboxylic acids is 1. The zero-order valence-electron chi connectivity index (χ0n) is 13.2. The van der Waals surface area contributed by atoms with E-state index in [4.69, 9.17) is 10.5 Å². The number of para-hydroxylation sites is 1. The zero-order valence-corrected chi connectivity index (χ0v) is 13.2. The maximum Gasteiger partial charge on any atom is 0.273 e. The maximum atomic E-state index is 12.1. The molecule has 0 radical (unpaired) electrons. The fourth-order valence-electron chi connectivity index (χ4n) is 2.51. The van der Waals surface area contributed by atoms with Gasteiger partial charge in [-0.25, -0.2) is 5.43 Å². The van der Waals surface area contributed by atoms with Crippen LogP contribution in [0.5, 0.6) is 5.75 Å². The largest absolute Gasteiger partial charge is 0.496 e. The molecule has 0 spiro atoms. The molecule has 0 aliphatic rings. The number of ether oxygens (including phenoxy) is 1. The molecule has 5 nitrogen and oxygen atoms in total. The molecule has 0 saturated heterocycles. The van der Waals surface area contributed by atoms with E-state index in [0.29, 0.717) is 17.0 Å². The second-order valence-corrected chi connectivity index (χ2v) is 5.19. The fraction of sp³-hybridized carbons (Fsp3) is 0.0526. The number of rotatable bonds is 4. The molecule has 0 aliphatic heterocycles. The van der Waals surface area contributed by atoms with Gasteiger partial charge in [-0.05, 0) is 29.0 Å². The lowest BCUT2D eigenvalue weighted by Crippen LogP contribution is -2.19. The average molecular weight is 319 g/mol. The van der Waals surface area contributed by atoms with Gasteiger partial charge in [-0.1, -0.05) is 42.5 Å². The molecular formula is C19H17N3O2. The van der Waals surface area contributed by atoms with Crippen LogP contribution in [0.4, 0.5) is 5.69 Å². The Labute approximate surface area is 139 Å². The third kappa shape index (κ3) is 3.05. The minimum Gasteiger partial charge on any atom is -0.496 e. The molecule has 0 aromatic heterocycles. The lowest BCUT2D eigenvalue weighted by molar-refractivity contribution is 0.0956. The van der Waals surface area contributed by atoms with Crippen molar-refractivity contribution < 1.29 is 9.53 Å². The topological polar surface area (TPSA) is 76.7 Å². The predicted octanol–water partition coefficient (Wildman–Crippen LogP) is 3.19. The highest BCUT2D eigenvalue weighted by Gasteiger charge is 2.08.